The van der Waals surface area contributed by atoms with Gasteiger partial charge >= 0.3 is 0 Å². The van der Waals surface area contributed by atoms with E-state index in [2.05, 4.69) is 0 Å². The first-order chi connectivity index (χ1) is 9.54. The van der Waals surface area contributed by atoms with Gasteiger partial charge in [0.15, 0.2) is 17.3 Å². The quantitative estimate of drug-likeness (QED) is 0.477. The molecule has 0 saturated carbocycles. The smallest absolute Gasteiger partial charge is 0.295 e. The minimum absolute atomic E-state index is 0.252. The van der Waals surface area contributed by atoms with E-state index in [4.69, 9.17) is 5.26 Å². The lowest BCUT2D eigenvalue weighted by Crippen LogP contribution is -2.47. The fourth-order valence-electron chi connectivity index (χ4n) is 2.21. The third-order valence-corrected chi connectivity index (χ3v) is 3.23. The highest BCUT2D eigenvalue weighted by Crippen LogP contribution is 2.33. The summed E-state index contributed by atoms with van der Waals surface area (Å²) < 4.78 is 27.2. The van der Waals surface area contributed by atoms with Gasteiger partial charge in [0.25, 0.3) is 5.69 Å². The lowest BCUT2D eigenvalue weighted by atomic mass is 10.2. The van der Waals surface area contributed by atoms with Crippen molar-refractivity contribution in [1.29, 1.82) is 5.26 Å². The first-order valence-electron chi connectivity index (χ1n) is 6.01. The van der Waals surface area contributed by atoms with Gasteiger partial charge in [0, 0.05) is 32.2 Å². The van der Waals surface area contributed by atoms with Crippen LogP contribution < -0.4 is 4.90 Å². The van der Waals surface area contributed by atoms with Crippen LogP contribution in [0.2, 0.25) is 0 Å². The van der Waals surface area contributed by atoms with Crippen LogP contribution in [0.4, 0.5) is 20.2 Å². The molecule has 0 spiro atoms. The Morgan fingerprint density at radius 2 is 1.95 bits per heavy atom. The maximum absolute atomic E-state index is 13.9. The number of rotatable bonds is 3. The first kappa shape index (κ1) is 14.1. The highest BCUT2D eigenvalue weighted by Gasteiger charge is 2.28. The maximum Gasteiger partial charge on any atom is 0.295 e. The van der Waals surface area contributed by atoms with E-state index in [1.54, 1.807) is 0 Å². The SMILES string of the molecule is N#CCN1CCN(c2c([N+](=O)[O-])ccc(F)c2F)CC1. The second-order valence-electron chi connectivity index (χ2n) is 4.41. The van der Waals surface area contributed by atoms with Gasteiger partial charge in [0.05, 0.1) is 17.5 Å². The van der Waals surface area contributed by atoms with Crippen molar-refractivity contribution in [3.63, 3.8) is 0 Å². The summed E-state index contributed by atoms with van der Waals surface area (Å²) in [6, 6.07) is 3.73. The molecule has 1 aromatic carbocycles. The van der Waals surface area contributed by atoms with Crippen LogP contribution in [0.3, 0.4) is 0 Å². The molecule has 8 heteroatoms. The number of hydrogen-bond acceptors (Lipinski definition) is 5. The zero-order valence-corrected chi connectivity index (χ0v) is 10.6. The number of nitriles is 1. The van der Waals surface area contributed by atoms with Gasteiger partial charge in [0.1, 0.15) is 0 Å². The molecule has 1 aliphatic rings. The Morgan fingerprint density at radius 1 is 1.30 bits per heavy atom. The third kappa shape index (κ3) is 2.67. The van der Waals surface area contributed by atoms with Crippen molar-refractivity contribution in [3.05, 3.63) is 33.9 Å². The van der Waals surface area contributed by atoms with Gasteiger partial charge in [-0.1, -0.05) is 0 Å². The van der Waals surface area contributed by atoms with Crippen LogP contribution in [0.5, 0.6) is 0 Å². The number of hydrogen-bond donors (Lipinski definition) is 0. The molecule has 0 bridgehead atoms. The van der Waals surface area contributed by atoms with Crippen molar-refractivity contribution in [2.24, 2.45) is 0 Å². The van der Waals surface area contributed by atoms with Crippen molar-refractivity contribution in [2.45, 2.75) is 0 Å². The van der Waals surface area contributed by atoms with E-state index in [1.807, 2.05) is 11.0 Å². The van der Waals surface area contributed by atoms with Gasteiger partial charge in [-0.15, -0.1) is 0 Å². The lowest BCUT2D eigenvalue weighted by molar-refractivity contribution is -0.384. The van der Waals surface area contributed by atoms with E-state index in [1.165, 1.54) is 4.90 Å². The normalized spacial score (nSPS) is 15.9. The zero-order chi connectivity index (χ0) is 14.7. The summed E-state index contributed by atoms with van der Waals surface area (Å²) >= 11 is 0. The number of halogens is 2. The van der Waals surface area contributed by atoms with Gasteiger partial charge < -0.3 is 4.90 Å². The predicted octanol–water partition coefficient (Wildman–Crippen LogP) is 1.52. The van der Waals surface area contributed by atoms with Gasteiger partial charge in [0.2, 0.25) is 0 Å². The molecule has 2 rings (SSSR count). The van der Waals surface area contributed by atoms with E-state index in [0.717, 1.165) is 12.1 Å². The number of nitro groups is 1. The molecule has 0 N–H and O–H groups in total. The van der Waals surface area contributed by atoms with E-state index in [-0.39, 0.29) is 12.2 Å². The van der Waals surface area contributed by atoms with E-state index >= 15 is 0 Å². The minimum atomic E-state index is -1.20. The average molecular weight is 282 g/mol. The zero-order valence-electron chi connectivity index (χ0n) is 10.6. The molecule has 1 aliphatic heterocycles. The minimum Gasteiger partial charge on any atom is -0.361 e. The molecule has 106 valence electrons. The van der Waals surface area contributed by atoms with Crippen LogP contribution in [0.15, 0.2) is 12.1 Å². The Balaban J connectivity index is 2.27. The molecule has 0 aromatic heterocycles. The first-order valence-corrected chi connectivity index (χ1v) is 6.01. The molecule has 0 unspecified atom stereocenters. The monoisotopic (exact) mass is 282 g/mol. The van der Waals surface area contributed by atoms with E-state index in [9.17, 15) is 18.9 Å². The summed E-state index contributed by atoms with van der Waals surface area (Å²) in [5.74, 6) is -2.31. The van der Waals surface area contributed by atoms with Crippen LogP contribution in [0.1, 0.15) is 0 Å². The molecular formula is C12H12F2N4O2. The number of anilines is 1. The van der Waals surface area contributed by atoms with Crippen LogP contribution >= 0.6 is 0 Å². The molecule has 1 aromatic rings. The Hall–Kier alpha value is -2.27. The summed E-state index contributed by atoms with van der Waals surface area (Å²) in [7, 11) is 0. The van der Waals surface area contributed by atoms with Gasteiger partial charge in [-0.25, -0.2) is 8.78 Å². The van der Waals surface area contributed by atoms with Crippen LogP contribution in [-0.4, -0.2) is 42.5 Å². The average Bonchev–Trinajstić information content (AvgIpc) is 2.43. The molecule has 0 amide bonds. The molecule has 1 heterocycles. The third-order valence-electron chi connectivity index (χ3n) is 3.23. The molecular weight excluding hydrogens is 270 g/mol. The summed E-state index contributed by atoms with van der Waals surface area (Å²) in [5.41, 5.74) is -0.760. The Labute approximate surface area is 114 Å². The van der Waals surface area contributed by atoms with Crippen LogP contribution in [-0.2, 0) is 0 Å². The van der Waals surface area contributed by atoms with Gasteiger partial charge in [-0.3, -0.25) is 15.0 Å². The second-order valence-corrected chi connectivity index (χ2v) is 4.41. The fourth-order valence-corrected chi connectivity index (χ4v) is 2.21. The number of nitro benzene ring substituents is 1. The van der Waals surface area contributed by atoms with Gasteiger partial charge in [-0.05, 0) is 6.07 Å². The van der Waals surface area contributed by atoms with Crippen LogP contribution in [0.25, 0.3) is 0 Å². The number of nitrogens with zero attached hydrogens (tertiary/aromatic N) is 4. The maximum atomic E-state index is 13.9. The highest BCUT2D eigenvalue weighted by atomic mass is 19.2. The lowest BCUT2D eigenvalue weighted by Gasteiger charge is -2.34. The summed E-state index contributed by atoms with van der Waals surface area (Å²) in [4.78, 5) is 13.5. The highest BCUT2D eigenvalue weighted by molar-refractivity contribution is 5.64. The largest absolute Gasteiger partial charge is 0.361 e. The molecule has 20 heavy (non-hydrogen) atoms. The molecule has 6 nitrogen and oxygen atoms in total. The Bertz CT molecular complexity index is 565. The van der Waals surface area contributed by atoms with Crippen LogP contribution in [0, 0.1) is 33.1 Å². The van der Waals surface area contributed by atoms with Crippen molar-refractivity contribution in [2.75, 3.05) is 37.6 Å². The Kier molecular flexibility index (Phi) is 4.10. The predicted molar refractivity (Wildman–Crippen MR) is 67.3 cm³/mol. The van der Waals surface area contributed by atoms with Crippen molar-refractivity contribution < 1.29 is 13.7 Å². The molecule has 0 atom stereocenters. The summed E-state index contributed by atoms with van der Waals surface area (Å²) in [6.07, 6.45) is 0. The molecule has 1 saturated heterocycles. The summed E-state index contributed by atoms with van der Waals surface area (Å²) in [6.45, 7) is 1.81. The standard InChI is InChI=1S/C12H12F2N4O2/c13-9-1-2-10(18(19)20)12(11(9)14)17-7-5-16(4-3-15)6-8-17/h1-2H,4-8H2. The number of piperazine rings is 1. The number of benzene rings is 1. The summed E-state index contributed by atoms with van der Waals surface area (Å²) in [5, 5.41) is 19.5. The van der Waals surface area contributed by atoms with E-state index in [0.29, 0.717) is 26.2 Å². The second kappa shape index (κ2) is 5.79. The molecule has 1 fully saturated rings. The van der Waals surface area contributed by atoms with E-state index < -0.39 is 22.2 Å². The Morgan fingerprint density at radius 3 is 2.50 bits per heavy atom. The van der Waals surface area contributed by atoms with Gasteiger partial charge in [-0.2, -0.15) is 5.26 Å². The molecule has 0 radical (unpaired) electrons. The topological polar surface area (TPSA) is 73.4 Å². The van der Waals surface area contributed by atoms with Crippen molar-refractivity contribution in [3.8, 4) is 6.07 Å². The molecule has 0 aliphatic carbocycles. The fraction of sp³-hybridized carbons (Fsp3) is 0.417. The van der Waals surface area contributed by atoms with Crippen molar-refractivity contribution >= 4 is 11.4 Å². The van der Waals surface area contributed by atoms with Crippen molar-refractivity contribution in [1.82, 2.24) is 4.90 Å².